The number of sulfone groups is 1. The van der Waals surface area contributed by atoms with Gasteiger partial charge < -0.3 is 9.52 Å². The smallest absolute Gasteiger partial charge is 0.371 e. The molecule has 17 heavy (non-hydrogen) atoms. The summed E-state index contributed by atoms with van der Waals surface area (Å²) in [7, 11) is -3.34. The van der Waals surface area contributed by atoms with Gasteiger partial charge in [-0.15, -0.1) is 0 Å². The summed E-state index contributed by atoms with van der Waals surface area (Å²) in [5.74, 6) is -1.31. The topological polar surface area (TPSA) is 102 Å². The molecule has 0 atom stereocenters. The van der Waals surface area contributed by atoms with Crippen LogP contribution < -0.4 is 0 Å². The van der Waals surface area contributed by atoms with Gasteiger partial charge in [0.2, 0.25) is 11.6 Å². The van der Waals surface area contributed by atoms with Crippen molar-refractivity contribution in [1.82, 2.24) is 9.78 Å². The molecule has 2 aromatic heterocycles. The van der Waals surface area contributed by atoms with Gasteiger partial charge in [-0.25, -0.2) is 17.9 Å². The Morgan fingerprint density at radius 2 is 2.18 bits per heavy atom. The van der Waals surface area contributed by atoms with E-state index in [1.165, 1.54) is 18.3 Å². The van der Waals surface area contributed by atoms with E-state index in [0.29, 0.717) is 0 Å². The molecule has 0 radical (unpaired) electrons. The lowest BCUT2D eigenvalue weighted by Gasteiger charge is -1.93. The molecule has 2 aromatic rings. The third-order valence-electron chi connectivity index (χ3n) is 2.02. The molecule has 0 bridgehead atoms. The van der Waals surface area contributed by atoms with Crippen molar-refractivity contribution in [3.63, 3.8) is 0 Å². The maximum Gasteiger partial charge on any atom is 0.371 e. The van der Waals surface area contributed by atoms with Crippen LogP contribution in [0.1, 0.15) is 10.6 Å². The minimum absolute atomic E-state index is 0.0331. The average Bonchev–Trinajstić information content (AvgIpc) is 2.85. The van der Waals surface area contributed by atoms with E-state index < -0.39 is 15.8 Å². The molecule has 0 aliphatic heterocycles. The lowest BCUT2D eigenvalue weighted by molar-refractivity contribution is 0.0662. The van der Waals surface area contributed by atoms with Crippen LogP contribution in [0.25, 0.3) is 5.88 Å². The molecule has 0 amide bonds. The number of hydrogen-bond acceptors (Lipinski definition) is 5. The summed E-state index contributed by atoms with van der Waals surface area (Å²) in [6.45, 7) is 0. The van der Waals surface area contributed by atoms with Crippen LogP contribution in [-0.2, 0) is 9.84 Å². The van der Waals surface area contributed by atoms with Gasteiger partial charge >= 0.3 is 5.97 Å². The number of aromatic carboxylic acids is 1. The fourth-order valence-corrected chi connectivity index (χ4v) is 1.71. The number of rotatable bonds is 3. The van der Waals surface area contributed by atoms with Crippen molar-refractivity contribution in [2.24, 2.45) is 0 Å². The predicted molar refractivity (Wildman–Crippen MR) is 55.9 cm³/mol. The molecule has 0 unspecified atom stereocenters. The average molecular weight is 256 g/mol. The second-order valence-corrected chi connectivity index (χ2v) is 5.35. The second kappa shape index (κ2) is 3.74. The Balaban J connectivity index is 2.40. The molecule has 2 heterocycles. The zero-order chi connectivity index (χ0) is 12.6. The highest BCUT2D eigenvalue weighted by molar-refractivity contribution is 7.90. The fraction of sp³-hybridized carbons (Fsp3) is 0.111. The van der Waals surface area contributed by atoms with Crippen molar-refractivity contribution in [2.45, 2.75) is 4.90 Å². The number of carbonyl (C=O) groups is 1. The van der Waals surface area contributed by atoms with Crippen LogP contribution in [-0.4, -0.2) is 35.5 Å². The first-order valence-corrected chi connectivity index (χ1v) is 6.35. The van der Waals surface area contributed by atoms with E-state index >= 15 is 0 Å². The van der Waals surface area contributed by atoms with Crippen LogP contribution in [0.5, 0.6) is 0 Å². The molecular formula is C9H8N2O5S. The Morgan fingerprint density at radius 3 is 2.65 bits per heavy atom. The summed E-state index contributed by atoms with van der Waals surface area (Å²) >= 11 is 0. The van der Waals surface area contributed by atoms with Crippen LogP contribution in [0, 0.1) is 0 Å². The number of furan rings is 1. The van der Waals surface area contributed by atoms with E-state index in [1.807, 2.05) is 0 Å². The molecular weight excluding hydrogens is 248 g/mol. The third kappa shape index (κ3) is 2.21. The van der Waals surface area contributed by atoms with Gasteiger partial charge in [0.05, 0.1) is 12.4 Å². The second-order valence-electron chi connectivity index (χ2n) is 3.34. The van der Waals surface area contributed by atoms with E-state index in [1.54, 1.807) is 0 Å². The van der Waals surface area contributed by atoms with Gasteiger partial charge in [-0.1, -0.05) is 0 Å². The largest absolute Gasteiger partial charge is 0.475 e. The molecule has 0 fully saturated rings. The van der Waals surface area contributed by atoms with Gasteiger partial charge in [-0.05, 0) is 6.07 Å². The number of nitrogens with zero attached hydrogens (tertiary/aromatic N) is 2. The molecule has 8 heteroatoms. The lowest BCUT2D eigenvalue weighted by Crippen LogP contribution is -1.96. The van der Waals surface area contributed by atoms with Crippen LogP contribution in [0.4, 0.5) is 0 Å². The van der Waals surface area contributed by atoms with Crippen molar-refractivity contribution in [3.8, 4) is 5.88 Å². The minimum atomic E-state index is -3.34. The normalized spacial score (nSPS) is 11.6. The van der Waals surface area contributed by atoms with E-state index in [-0.39, 0.29) is 16.5 Å². The van der Waals surface area contributed by atoms with Crippen molar-refractivity contribution in [2.75, 3.05) is 6.26 Å². The Labute approximate surface area is 96.2 Å². The summed E-state index contributed by atoms with van der Waals surface area (Å²) in [6.07, 6.45) is 3.47. The Morgan fingerprint density at radius 1 is 1.47 bits per heavy atom. The number of aromatic nitrogens is 2. The van der Waals surface area contributed by atoms with Crippen LogP contribution >= 0.6 is 0 Å². The van der Waals surface area contributed by atoms with E-state index in [0.717, 1.165) is 17.1 Å². The highest BCUT2D eigenvalue weighted by Gasteiger charge is 2.14. The molecule has 0 aliphatic rings. The maximum atomic E-state index is 11.2. The van der Waals surface area contributed by atoms with E-state index in [9.17, 15) is 13.2 Å². The van der Waals surface area contributed by atoms with E-state index in [2.05, 4.69) is 5.10 Å². The molecule has 7 nitrogen and oxygen atoms in total. The standard InChI is InChI=1S/C9H8N2O5S/c1-17(14,15)6-4-10-11(5-6)8-3-2-7(16-8)9(12)13/h2-5H,1H3,(H,12,13). The molecule has 0 saturated heterocycles. The maximum absolute atomic E-state index is 11.2. The van der Waals surface area contributed by atoms with Gasteiger partial charge in [0.25, 0.3) is 0 Å². The summed E-state index contributed by atoms with van der Waals surface area (Å²) < 4.78 is 28.5. The number of carboxylic acids is 1. The van der Waals surface area contributed by atoms with Crippen LogP contribution in [0.3, 0.4) is 0 Å². The first-order valence-electron chi connectivity index (χ1n) is 4.46. The molecule has 0 aromatic carbocycles. The molecule has 1 N–H and O–H groups in total. The zero-order valence-electron chi connectivity index (χ0n) is 8.69. The highest BCUT2D eigenvalue weighted by Crippen LogP contribution is 2.15. The van der Waals surface area contributed by atoms with Crippen molar-refractivity contribution < 1.29 is 22.7 Å². The van der Waals surface area contributed by atoms with Gasteiger partial charge in [-0.3, -0.25) is 0 Å². The quantitative estimate of drug-likeness (QED) is 0.861. The number of carboxylic acid groups (broad SMARTS) is 1. The van der Waals surface area contributed by atoms with Crippen molar-refractivity contribution in [1.29, 1.82) is 0 Å². The summed E-state index contributed by atoms with van der Waals surface area (Å²) in [6, 6.07) is 2.65. The zero-order valence-corrected chi connectivity index (χ0v) is 9.51. The highest BCUT2D eigenvalue weighted by atomic mass is 32.2. The summed E-state index contributed by atoms with van der Waals surface area (Å²) in [5, 5.41) is 12.4. The van der Waals surface area contributed by atoms with Gasteiger partial charge in [0.15, 0.2) is 9.84 Å². The summed E-state index contributed by atoms with van der Waals surface area (Å²) in [4.78, 5) is 10.6. The lowest BCUT2D eigenvalue weighted by atomic mass is 10.5. The van der Waals surface area contributed by atoms with Crippen molar-refractivity contribution >= 4 is 15.8 Å². The minimum Gasteiger partial charge on any atom is -0.475 e. The van der Waals surface area contributed by atoms with Gasteiger partial charge in [0, 0.05) is 12.3 Å². The Kier molecular flexibility index (Phi) is 2.50. The summed E-state index contributed by atoms with van der Waals surface area (Å²) in [5.41, 5.74) is 0. The first kappa shape index (κ1) is 11.4. The Hall–Kier alpha value is -2.09. The van der Waals surface area contributed by atoms with Gasteiger partial charge in [-0.2, -0.15) is 5.10 Å². The Bertz CT molecular complexity index is 667. The molecule has 0 aliphatic carbocycles. The van der Waals surface area contributed by atoms with Gasteiger partial charge in [0.1, 0.15) is 4.90 Å². The van der Waals surface area contributed by atoms with Crippen LogP contribution in [0.15, 0.2) is 33.8 Å². The number of hydrogen-bond donors (Lipinski definition) is 1. The molecule has 0 spiro atoms. The molecule has 90 valence electrons. The monoisotopic (exact) mass is 256 g/mol. The first-order chi connectivity index (χ1) is 7.88. The van der Waals surface area contributed by atoms with Crippen molar-refractivity contribution in [3.05, 3.63) is 30.3 Å². The molecule has 2 rings (SSSR count). The third-order valence-corrected chi connectivity index (χ3v) is 3.08. The molecule has 0 saturated carbocycles. The van der Waals surface area contributed by atoms with E-state index in [4.69, 9.17) is 9.52 Å². The predicted octanol–water partition coefficient (Wildman–Crippen LogP) is 0.567. The SMILES string of the molecule is CS(=O)(=O)c1cnn(-c2ccc(C(=O)O)o2)c1. The van der Waals surface area contributed by atoms with Crippen LogP contribution in [0.2, 0.25) is 0 Å². The fourth-order valence-electron chi connectivity index (χ4n) is 1.18.